The van der Waals surface area contributed by atoms with Crippen LogP contribution in [0.25, 0.3) is 0 Å². The van der Waals surface area contributed by atoms with Gasteiger partial charge < -0.3 is 14.6 Å². The molecular weight excluding hydrogens is 371 g/mol. The predicted octanol–water partition coefficient (Wildman–Crippen LogP) is 4.08. The number of benzene rings is 2. The van der Waals surface area contributed by atoms with Crippen molar-refractivity contribution in [3.05, 3.63) is 81.0 Å². The zero-order valence-electron chi connectivity index (χ0n) is 15.5. The van der Waals surface area contributed by atoms with E-state index in [9.17, 15) is 18.0 Å². The first kappa shape index (κ1) is 19.5. The van der Waals surface area contributed by atoms with Crippen LogP contribution in [-0.4, -0.2) is 16.7 Å². The number of hydrogen-bond donors (Lipinski definition) is 1. The number of nitrogens with zero attached hydrogens (tertiary/aromatic N) is 2. The first-order valence-electron chi connectivity index (χ1n) is 8.42. The van der Waals surface area contributed by atoms with Gasteiger partial charge in [-0.05, 0) is 48.7 Å². The lowest BCUT2D eigenvalue weighted by Crippen LogP contribution is -2.19. The summed E-state index contributed by atoms with van der Waals surface area (Å²) < 4.78 is 46.8. The standard InChI is InChI=1S/C20H18F3N3O2/c1-11-5-4-6-16(12(11)2)24-20-25-19(27)17(28-3)10-26(20)9-13-7-14(21)18(23)15(22)8-13/h4-8,10H,9H2,1-3H3,(H,24,25,27). The maximum atomic E-state index is 13.6. The van der Waals surface area contributed by atoms with Crippen LogP contribution in [0.1, 0.15) is 16.7 Å². The average molecular weight is 389 g/mol. The molecule has 0 unspecified atom stereocenters. The van der Waals surface area contributed by atoms with Crippen molar-refractivity contribution in [1.82, 2.24) is 9.55 Å². The lowest BCUT2D eigenvalue weighted by molar-refractivity contribution is 0.402. The molecule has 0 saturated carbocycles. The molecule has 0 saturated heterocycles. The Hall–Kier alpha value is -3.29. The van der Waals surface area contributed by atoms with Gasteiger partial charge in [-0.25, -0.2) is 13.2 Å². The van der Waals surface area contributed by atoms with E-state index in [1.165, 1.54) is 17.9 Å². The first-order chi connectivity index (χ1) is 13.3. The number of methoxy groups -OCH3 is 1. The molecule has 0 atom stereocenters. The van der Waals surface area contributed by atoms with Crippen LogP contribution in [0.15, 0.2) is 41.3 Å². The number of halogens is 3. The molecule has 0 aliphatic rings. The lowest BCUT2D eigenvalue weighted by atomic mass is 10.1. The van der Waals surface area contributed by atoms with Crippen molar-refractivity contribution in [1.29, 1.82) is 0 Å². The number of nitrogens with one attached hydrogen (secondary N) is 1. The van der Waals surface area contributed by atoms with E-state index in [1.54, 1.807) is 0 Å². The molecule has 1 aromatic heterocycles. The SMILES string of the molecule is COc1cn(Cc2cc(F)c(F)c(F)c2)c(Nc2cccc(C)c2C)nc1=O. The van der Waals surface area contributed by atoms with Crippen LogP contribution in [0.4, 0.5) is 24.8 Å². The van der Waals surface area contributed by atoms with E-state index in [4.69, 9.17) is 4.74 Å². The first-order valence-corrected chi connectivity index (χ1v) is 8.42. The van der Waals surface area contributed by atoms with E-state index in [1.807, 2.05) is 32.0 Å². The largest absolute Gasteiger partial charge is 0.490 e. The minimum Gasteiger partial charge on any atom is -0.490 e. The summed E-state index contributed by atoms with van der Waals surface area (Å²) in [5.74, 6) is -3.99. The third-order valence-electron chi connectivity index (χ3n) is 4.43. The molecule has 8 heteroatoms. The molecule has 0 fully saturated rings. The number of anilines is 2. The number of ether oxygens (including phenoxy) is 1. The Balaban J connectivity index is 2.06. The summed E-state index contributed by atoms with van der Waals surface area (Å²) in [6.45, 7) is 3.79. The number of aryl methyl sites for hydroxylation is 1. The van der Waals surface area contributed by atoms with E-state index >= 15 is 0 Å². The van der Waals surface area contributed by atoms with Gasteiger partial charge in [-0.1, -0.05) is 12.1 Å². The van der Waals surface area contributed by atoms with Gasteiger partial charge in [0.15, 0.2) is 17.5 Å². The Labute approximate surface area is 159 Å². The molecule has 0 aliphatic carbocycles. The second-order valence-corrected chi connectivity index (χ2v) is 6.31. The summed E-state index contributed by atoms with van der Waals surface area (Å²) in [4.78, 5) is 16.1. The molecular formula is C20H18F3N3O2. The van der Waals surface area contributed by atoms with Crippen molar-refractivity contribution in [3.8, 4) is 5.75 Å². The average Bonchev–Trinajstić information content (AvgIpc) is 2.65. The second-order valence-electron chi connectivity index (χ2n) is 6.31. The van der Waals surface area contributed by atoms with Crippen LogP contribution in [0, 0.1) is 31.3 Å². The minimum atomic E-state index is -1.53. The summed E-state index contributed by atoms with van der Waals surface area (Å²) in [5.41, 5.74) is 2.28. The van der Waals surface area contributed by atoms with Gasteiger partial charge in [0.05, 0.1) is 19.9 Å². The van der Waals surface area contributed by atoms with Gasteiger partial charge in [-0.3, -0.25) is 4.79 Å². The molecule has 146 valence electrons. The molecule has 3 rings (SSSR count). The third kappa shape index (κ3) is 3.85. The van der Waals surface area contributed by atoms with Crippen molar-refractivity contribution in [2.75, 3.05) is 12.4 Å². The van der Waals surface area contributed by atoms with E-state index in [0.717, 1.165) is 28.9 Å². The number of hydrogen-bond acceptors (Lipinski definition) is 4. The van der Waals surface area contributed by atoms with Crippen molar-refractivity contribution < 1.29 is 17.9 Å². The summed E-state index contributed by atoms with van der Waals surface area (Å²) in [7, 11) is 1.32. The van der Waals surface area contributed by atoms with Crippen molar-refractivity contribution in [2.24, 2.45) is 0 Å². The summed E-state index contributed by atoms with van der Waals surface area (Å²) in [6.07, 6.45) is 1.38. The zero-order valence-corrected chi connectivity index (χ0v) is 15.5. The van der Waals surface area contributed by atoms with E-state index in [-0.39, 0.29) is 23.8 Å². The minimum absolute atomic E-state index is 0.0328. The highest BCUT2D eigenvalue weighted by atomic mass is 19.2. The molecule has 0 radical (unpaired) electrons. The highest BCUT2D eigenvalue weighted by Gasteiger charge is 2.14. The van der Waals surface area contributed by atoms with Gasteiger partial charge in [0.25, 0.3) is 0 Å². The van der Waals surface area contributed by atoms with Gasteiger partial charge in [-0.15, -0.1) is 0 Å². The topological polar surface area (TPSA) is 56.1 Å². The molecule has 5 nitrogen and oxygen atoms in total. The molecule has 1 heterocycles. The second kappa shape index (κ2) is 7.75. The Morgan fingerprint density at radius 2 is 1.82 bits per heavy atom. The molecule has 28 heavy (non-hydrogen) atoms. The molecule has 0 aliphatic heterocycles. The van der Waals surface area contributed by atoms with Crippen LogP contribution >= 0.6 is 0 Å². The molecule has 1 N–H and O–H groups in total. The molecule has 2 aromatic carbocycles. The Kier molecular flexibility index (Phi) is 5.39. The van der Waals surface area contributed by atoms with Gasteiger partial charge in [-0.2, -0.15) is 4.98 Å². The fraction of sp³-hybridized carbons (Fsp3) is 0.200. The number of rotatable bonds is 5. The normalized spacial score (nSPS) is 10.8. The summed E-state index contributed by atoms with van der Waals surface area (Å²) in [6, 6.07) is 7.40. The highest BCUT2D eigenvalue weighted by Crippen LogP contribution is 2.23. The fourth-order valence-electron chi connectivity index (χ4n) is 2.74. The van der Waals surface area contributed by atoms with Crippen LogP contribution in [0.5, 0.6) is 5.75 Å². The third-order valence-corrected chi connectivity index (χ3v) is 4.43. The molecule has 0 spiro atoms. The van der Waals surface area contributed by atoms with E-state index in [0.29, 0.717) is 0 Å². The zero-order chi connectivity index (χ0) is 20.4. The Morgan fingerprint density at radius 3 is 2.46 bits per heavy atom. The predicted molar refractivity (Wildman–Crippen MR) is 99.7 cm³/mol. The van der Waals surface area contributed by atoms with Crippen LogP contribution in [-0.2, 0) is 6.54 Å². The Morgan fingerprint density at radius 1 is 1.14 bits per heavy atom. The quantitative estimate of drug-likeness (QED) is 0.668. The molecule has 0 bridgehead atoms. The molecule has 3 aromatic rings. The van der Waals surface area contributed by atoms with Crippen LogP contribution < -0.4 is 15.6 Å². The van der Waals surface area contributed by atoms with Crippen LogP contribution in [0.3, 0.4) is 0 Å². The maximum Gasteiger partial charge on any atom is 0.316 e. The fourth-order valence-corrected chi connectivity index (χ4v) is 2.74. The van der Waals surface area contributed by atoms with Crippen molar-refractivity contribution in [3.63, 3.8) is 0 Å². The van der Waals surface area contributed by atoms with Gasteiger partial charge in [0.1, 0.15) is 0 Å². The van der Waals surface area contributed by atoms with Gasteiger partial charge in [0, 0.05) is 5.69 Å². The molecule has 0 amide bonds. The monoisotopic (exact) mass is 389 g/mol. The van der Waals surface area contributed by atoms with Crippen molar-refractivity contribution in [2.45, 2.75) is 20.4 Å². The Bertz CT molecular complexity index is 1070. The van der Waals surface area contributed by atoms with E-state index in [2.05, 4.69) is 10.3 Å². The van der Waals surface area contributed by atoms with Gasteiger partial charge in [0.2, 0.25) is 11.7 Å². The summed E-state index contributed by atoms with van der Waals surface area (Å²) >= 11 is 0. The smallest absolute Gasteiger partial charge is 0.316 e. The highest BCUT2D eigenvalue weighted by molar-refractivity contribution is 5.60. The summed E-state index contributed by atoms with van der Waals surface area (Å²) in [5, 5.41) is 3.07. The van der Waals surface area contributed by atoms with Gasteiger partial charge >= 0.3 is 5.56 Å². The number of aromatic nitrogens is 2. The maximum absolute atomic E-state index is 13.6. The van der Waals surface area contributed by atoms with Crippen molar-refractivity contribution >= 4 is 11.6 Å². The van der Waals surface area contributed by atoms with E-state index < -0.39 is 23.0 Å². The lowest BCUT2D eigenvalue weighted by Gasteiger charge is -2.17. The van der Waals surface area contributed by atoms with Crippen LogP contribution in [0.2, 0.25) is 0 Å².